The van der Waals surface area contributed by atoms with Gasteiger partial charge in [0.25, 0.3) is 5.56 Å². The van der Waals surface area contributed by atoms with E-state index in [1.807, 2.05) is 13.8 Å². The fraction of sp³-hybridized carbons (Fsp3) is 0.533. The van der Waals surface area contributed by atoms with Gasteiger partial charge in [0.15, 0.2) is 0 Å². The molecule has 2 atom stereocenters. The van der Waals surface area contributed by atoms with Gasteiger partial charge in [0, 0.05) is 26.3 Å². The van der Waals surface area contributed by atoms with Crippen molar-refractivity contribution in [1.82, 2.24) is 9.47 Å². The molecule has 1 fully saturated rings. The Balaban J connectivity index is 2.15. The van der Waals surface area contributed by atoms with E-state index >= 15 is 0 Å². The Morgan fingerprint density at radius 3 is 2.68 bits per heavy atom. The highest BCUT2D eigenvalue weighted by Crippen LogP contribution is 2.22. The van der Waals surface area contributed by atoms with Gasteiger partial charge < -0.3 is 19.9 Å². The number of carbonyl (C=O) groups is 2. The first kappa shape index (κ1) is 16.1. The Morgan fingerprint density at radius 1 is 1.36 bits per heavy atom. The summed E-state index contributed by atoms with van der Waals surface area (Å²) in [5, 5.41) is 11.8. The lowest BCUT2D eigenvalue weighted by molar-refractivity contribution is -0.143. The number of rotatable bonds is 2. The molecule has 2 N–H and O–H groups in total. The molecule has 7 nitrogen and oxygen atoms in total. The smallest absolute Gasteiger partial charge is 0.322 e. The van der Waals surface area contributed by atoms with Crippen LogP contribution < -0.4 is 10.9 Å². The number of anilines is 1. The summed E-state index contributed by atoms with van der Waals surface area (Å²) in [6.45, 7) is 4.40. The van der Waals surface area contributed by atoms with Crippen LogP contribution in [-0.2, 0) is 11.8 Å². The number of aliphatic carboxylic acids is 1. The third kappa shape index (κ3) is 3.47. The summed E-state index contributed by atoms with van der Waals surface area (Å²) >= 11 is 0. The van der Waals surface area contributed by atoms with E-state index in [4.69, 9.17) is 5.11 Å². The lowest BCUT2D eigenvalue weighted by Gasteiger charge is -2.34. The number of likely N-dealkylation sites (tertiary alicyclic amines) is 1. The van der Waals surface area contributed by atoms with Gasteiger partial charge in [-0.3, -0.25) is 9.59 Å². The molecule has 0 radical (unpaired) electrons. The third-order valence-corrected chi connectivity index (χ3v) is 3.86. The van der Waals surface area contributed by atoms with Gasteiger partial charge in [-0.25, -0.2) is 4.79 Å². The molecule has 0 spiro atoms. The Labute approximate surface area is 128 Å². The molecule has 2 unspecified atom stereocenters. The van der Waals surface area contributed by atoms with Gasteiger partial charge in [0.1, 0.15) is 5.69 Å². The largest absolute Gasteiger partial charge is 0.481 e. The first-order chi connectivity index (χ1) is 10.3. The van der Waals surface area contributed by atoms with Crippen LogP contribution in [-0.4, -0.2) is 39.7 Å². The van der Waals surface area contributed by atoms with E-state index in [1.54, 1.807) is 19.3 Å². The number of hydrogen-bond acceptors (Lipinski definition) is 3. The van der Waals surface area contributed by atoms with Crippen LogP contribution in [0.15, 0.2) is 17.1 Å². The molecular formula is C15H21N3O4. The number of carboxylic acid groups (broad SMARTS) is 1. The fourth-order valence-corrected chi connectivity index (χ4v) is 2.86. The maximum Gasteiger partial charge on any atom is 0.322 e. The van der Waals surface area contributed by atoms with Crippen LogP contribution in [0.2, 0.25) is 0 Å². The van der Waals surface area contributed by atoms with Crippen molar-refractivity contribution in [2.45, 2.75) is 20.3 Å². The van der Waals surface area contributed by atoms with Gasteiger partial charge in [-0.15, -0.1) is 0 Å². The standard InChI is InChI=1S/C15H21N3O4/c1-9-4-11(14(20)21)8-18(7-9)15(22)16-12-5-10(2)6-17(3)13(12)19/h5-6,9,11H,4,7-8H2,1-3H3,(H,16,22)(H,20,21). The zero-order valence-electron chi connectivity index (χ0n) is 13.0. The molecule has 1 aromatic rings. The predicted molar refractivity (Wildman–Crippen MR) is 81.9 cm³/mol. The maximum absolute atomic E-state index is 12.3. The number of aryl methyl sites for hydroxylation is 2. The van der Waals surface area contributed by atoms with Crippen molar-refractivity contribution in [3.05, 3.63) is 28.2 Å². The maximum atomic E-state index is 12.3. The van der Waals surface area contributed by atoms with Crippen LogP contribution in [0.3, 0.4) is 0 Å². The highest BCUT2D eigenvalue weighted by molar-refractivity contribution is 5.89. The number of carbonyl (C=O) groups excluding carboxylic acids is 1. The Morgan fingerprint density at radius 2 is 2.05 bits per heavy atom. The number of hydrogen-bond donors (Lipinski definition) is 2. The van der Waals surface area contributed by atoms with Gasteiger partial charge in [0.05, 0.1) is 5.92 Å². The number of nitrogens with zero attached hydrogens (tertiary/aromatic N) is 2. The average Bonchev–Trinajstić information content (AvgIpc) is 2.43. The highest BCUT2D eigenvalue weighted by Gasteiger charge is 2.32. The number of urea groups is 1. The molecule has 0 saturated carbocycles. The normalized spacial score (nSPS) is 21.5. The number of piperidine rings is 1. The van der Waals surface area contributed by atoms with Gasteiger partial charge in [0.2, 0.25) is 0 Å². The number of pyridine rings is 1. The SMILES string of the molecule is Cc1cc(NC(=O)N2CC(C)CC(C(=O)O)C2)c(=O)n(C)c1. The summed E-state index contributed by atoms with van der Waals surface area (Å²) in [5.74, 6) is -1.34. The van der Waals surface area contributed by atoms with E-state index in [2.05, 4.69) is 5.32 Å². The van der Waals surface area contributed by atoms with E-state index in [-0.39, 0.29) is 23.7 Å². The van der Waals surface area contributed by atoms with E-state index in [0.29, 0.717) is 13.0 Å². The van der Waals surface area contributed by atoms with Crippen LogP contribution in [0.4, 0.5) is 10.5 Å². The Hall–Kier alpha value is -2.31. The molecule has 1 saturated heterocycles. The van der Waals surface area contributed by atoms with Gasteiger partial charge in [-0.05, 0) is 30.9 Å². The molecule has 1 aliphatic rings. The average molecular weight is 307 g/mol. The molecule has 120 valence electrons. The second kappa shape index (κ2) is 6.21. The predicted octanol–water partition coefficient (Wildman–Crippen LogP) is 1.27. The minimum atomic E-state index is -0.893. The van der Waals surface area contributed by atoms with Crippen molar-refractivity contribution in [2.24, 2.45) is 18.9 Å². The number of carboxylic acids is 1. The second-order valence-electron chi connectivity index (χ2n) is 6.06. The van der Waals surface area contributed by atoms with Crippen LogP contribution >= 0.6 is 0 Å². The summed E-state index contributed by atoms with van der Waals surface area (Å²) in [7, 11) is 1.62. The zero-order valence-corrected chi connectivity index (χ0v) is 13.0. The van der Waals surface area contributed by atoms with Crippen molar-refractivity contribution < 1.29 is 14.7 Å². The van der Waals surface area contributed by atoms with Crippen molar-refractivity contribution in [1.29, 1.82) is 0 Å². The molecular weight excluding hydrogens is 286 g/mol. The number of nitrogens with one attached hydrogen (secondary N) is 1. The first-order valence-electron chi connectivity index (χ1n) is 7.24. The summed E-state index contributed by atoms with van der Waals surface area (Å²) in [6.07, 6.45) is 2.24. The molecule has 2 heterocycles. The topological polar surface area (TPSA) is 91.6 Å². The quantitative estimate of drug-likeness (QED) is 0.860. The van der Waals surface area contributed by atoms with Crippen LogP contribution in [0.5, 0.6) is 0 Å². The van der Waals surface area contributed by atoms with Crippen molar-refractivity contribution >= 4 is 17.7 Å². The summed E-state index contributed by atoms with van der Waals surface area (Å²) in [4.78, 5) is 37.0. The molecule has 1 aromatic heterocycles. The van der Waals surface area contributed by atoms with Crippen LogP contribution in [0.25, 0.3) is 0 Å². The van der Waals surface area contributed by atoms with E-state index in [1.165, 1.54) is 9.47 Å². The highest BCUT2D eigenvalue weighted by atomic mass is 16.4. The molecule has 2 rings (SSSR count). The Bertz CT molecular complexity index is 653. The van der Waals surface area contributed by atoms with Crippen LogP contribution in [0, 0.1) is 18.8 Å². The minimum Gasteiger partial charge on any atom is -0.481 e. The van der Waals surface area contributed by atoms with E-state index in [9.17, 15) is 14.4 Å². The van der Waals surface area contributed by atoms with Crippen molar-refractivity contribution in [3.8, 4) is 0 Å². The number of amides is 2. The van der Waals surface area contributed by atoms with Gasteiger partial charge in [-0.1, -0.05) is 6.92 Å². The molecule has 7 heteroatoms. The van der Waals surface area contributed by atoms with Gasteiger partial charge >= 0.3 is 12.0 Å². The van der Waals surface area contributed by atoms with Gasteiger partial charge in [-0.2, -0.15) is 0 Å². The molecule has 22 heavy (non-hydrogen) atoms. The van der Waals surface area contributed by atoms with E-state index < -0.39 is 17.9 Å². The molecule has 2 amide bonds. The molecule has 0 aliphatic carbocycles. The molecule has 1 aliphatic heterocycles. The zero-order chi connectivity index (χ0) is 16.4. The van der Waals surface area contributed by atoms with Crippen molar-refractivity contribution in [2.75, 3.05) is 18.4 Å². The van der Waals surface area contributed by atoms with E-state index in [0.717, 1.165) is 5.56 Å². The fourth-order valence-electron chi connectivity index (χ4n) is 2.86. The second-order valence-corrected chi connectivity index (χ2v) is 6.06. The minimum absolute atomic E-state index is 0.112. The number of aromatic nitrogens is 1. The van der Waals surface area contributed by atoms with Crippen molar-refractivity contribution in [3.63, 3.8) is 0 Å². The van der Waals surface area contributed by atoms with Crippen LogP contribution in [0.1, 0.15) is 18.9 Å². The Kier molecular flexibility index (Phi) is 4.54. The lowest BCUT2D eigenvalue weighted by atomic mass is 9.91. The first-order valence-corrected chi connectivity index (χ1v) is 7.24. The summed E-state index contributed by atoms with van der Waals surface area (Å²) in [6, 6.07) is 1.18. The summed E-state index contributed by atoms with van der Waals surface area (Å²) in [5.41, 5.74) is 0.768. The third-order valence-electron chi connectivity index (χ3n) is 3.86. The summed E-state index contributed by atoms with van der Waals surface area (Å²) < 4.78 is 1.41. The lowest BCUT2D eigenvalue weighted by Crippen LogP contribution is -2.47. The molecule has 0 bridgehead atoms. The molecule has 0 aromatic carbocycles. The monoisotopic (exact) mass is 307 g/mol.